The smallest absolute Gasteiger partial charge is 0.306 e. The van der Waals surface area contributed by atoms with Gasteiger partial charge in [-0.3, -0.25) is 10.1 Å². The van der Waals surface area contributed by atoms with E-state index < -0.39 is 17.4 Å². The maximum absolute atomic E-state index is 13.3. The molecule has 0 saturated carbocycles. The van der Waals surface area contributed by atoms with Gasteiger partial charge in [0.25, 0.3) is 5.91 Å². The van der Waals surface area contributed by atoms with Gasteiger partial charge in [0.15, 0.2) is 0 Å². The molecule has 1 saturated heterocycles. The number of hydrogen-bond acceptors (Lipinski definition) is 2. The Hall–Kier alpha value is -1.62. The van der Waals surface area contributed by atoms with Gasteiger partial charge in [0.1, 0.15) is 11.4 Å². The van der Waals surface area contributed by atoms with Gasteiger partial charge in [0.2, 0.25) is 0 Å². The standard InChI is InChI=1S/C12H12ClFN2O2/c1-12(2)10(17)15-11(18)16(12)6-7-4-3-5-8(14)9(7)13/h3-5H,6H2,1-2H3,(H,15,17,18). The topological polar surface area (TPSA) is 49.4 Å². The van der Waals surface area contributed by atoms with Crippen LogP contribution in [0.15, 0.2) is 18.2 Å². The van der Waals surface area contributed by atoms with Gasteiger partial charge in [-0.2, -0.15) is 0 Å². The summed E-state index contributed by atoms with van der Waals surface area (Å²) in [5.41, 5.74) is -0.498. The first kappa shape index (κ1) is 12.8. The minimum Gasteiger partial charge on any atom is -0.306 e. The summed E-state index contributed by atoms with van der Waals surface area (Å²) < 4.78 is 13.3. The number of hydrogen-bond donors (Lipinski definition) is 1. The second-order valence-corrected chi connectivity index (χ2v) is 5.00. The van der Waals surface area contributed by atoms with Crippen LogP contribution in [0.4, 0.5) is 9.18 Å². The molecule has 1 aliphatic rings. The van der Waals surface area contributed by atoms with E-state index in [0.717, 1.165) is 0 Å². The predicted octanol–water partition coefficient (Wildman–Crippen LogP) is 2.31. The van der Waals surface area contributed by atoms with Crippen LogP contribution in [0.25, 0.3) is 0 Å². The zero-order valence-corrected chi connectivity index (χ0v) is 10.7. The van der Waals surface area contributed by atoms with E-state index in [1.807, 2.05) is 0 Å². The van der Waals surface area contributed by atoms with E-state index in [9.17, 15) is 14.0 Å². The highest BCUT2D eigenvalue weighted by atomic mass is 35.5. The van der Waals surface area contributed by atoms with Gasteiger partial charge < -0.3 is 4.90 Å². The molecule has 0 aromatic heterocycles. The van der Waals surface area contributed by atoms with Crippen molar-refractivity contribution in [3.63, 3.8) is 0 Å². The number of urea groups is 1. The largest absolute Gasteiger partial charge is 0.325 e. The minimum atomic E-state index is -0.966. The number of nitrogens with one attached hydrogen (secondary N) is 1. The molecule has 6 heteroatoms. The van der Waals surface area contributed by atoms with Crippen LogP contribution in [0.5, 0.6) is 0 Å². The van der Waals surface area contributed by atoms with Crippen molar-refractivity contribution in [2.45, 2.75) is 25.9 Å². The van der Waals surface area contributed by atoms with Crippen molar-refractivity contribution in [2.75, 3.05) is 0 Å². The van der Waals surface area contributed by atoms with Crippen molar-refractivity contribution >= 4 is 23.5 Å². The molecule has 2 rings (SSSR count). The summed E-state index contributed by atoms with van der Waals surface area (Å²) in [5, 5.41) is 2.20. The molecule has 1 aromatic rings. The molecular weight excluding hydrogens is 259 g/mol. The lowest BCUT2D eigenvalue weighted by Gasteiger charge is -2.28. The Morgan fingerprint density at radius 1 is 1.39 bits per heavy atom. The van der Waals surface area contributed by atoms with Crippen molar-refractivity contribution in [2.24, 2.45) is 0 Å². The third-order valence-electron chi connectivity index (χ3n) is 3.06. The zero-order valence-electron chi connectivity index (χ0n) is 9.96. The van der Waals surface area contributed by atoms with Crippen LogP contribution < -0.4 is 5.32 Å². The molecule has 0 spiro atoms. The fourth-order valence-corrected chi connectivity index (χ4v) is 1.99. The lowest BCUT2D eigenvalue weighted by Crippen LogP contribution is -2.43. The van der Waals surface area contributed by atoms with E-state index in [2.05, 4.69) is 5.32 Å². The van der Waals surface area contributed by atoms with Crippen LogP contribution in [0.1, 0.15) is 19.4 Å². The predicted molar refractivity (Wildman–Crippen MR) is 64.6 cm³/mol. The number of carbonyl (C=O) groups is 2. The van der Waals surface area contributed by atoms with Gasteiger partial charge in [0, 0.05) is 0 Å². The van der Waals surface area contributed by atoms with Crippen LogP contribution in [0, 0.1) is 5.82 Å². The van der Waals surface area contributed by atoms with Gasteiger partial charge in [-0.15, -0.1) is 0 Å². The fourth-order valence-electron chi connectivity index (χ4n) is 1.80. The van der Waals surface area contributed by atoms with Gasteiger partial charge in [-0.05, 0) is 25.5 Å². The van der Waals surface area contributed by atoms with Crippen molar-refractivity contribution in [3.8, 4) is 0 Å². The van der Waals surface area contributed by atoms with Crippen molar-refractivity contribution in [3.05, 3.63) is 34.6 Å². The second kappa shape index (κ2) is 4.24. The number of benzene rings is 1. The quantitative estimate of drug-likeness (QED) is 0.839. The second-order valence-electron chi connectivity index (χ2n) is 4.62. The highest BCUT2D eigenvalue weighted by molar-refractivity contribution is 6.31. The molecule has 0 radical (unpaired) electrons. The average Bonchev–Trinajstić information content (AvgIpc) is 2.47. The summed E-state index contributed by atoms with van der Waals surface area (Å²) in [6.07, 6.45) is 0. The number of rotatable bonds is 2. The summed E-state index contributed by atoms with van der Waals surface area (Å²) in [6.45, 7) is 3.34. The summed E-state index contributed by atoms with van der Waals surface area (Å²) in [5.74, 6) is -0.919. The molecule has 0 atom stereocenters. The Balaban J connectivity index is 2.32. The SMILES string of the molecule is CC1(C)C(=O)NC(=O)N1Cc1cccc(F)c1Cl. The average molecular weight is 271 g/mol. The maximum Gasteiger partial charge on any atom is 0.325 e. The molecule has 1 aliphatic heterocycles. The highest BCUT2D eigenvalue weighted by Gasteiger charge is 2.45. The Bertz CT molecular complexity index is 531. The molecular formula is C12H12ClFN2O2. The van der Waals surface area contributed by atoms with Crippen molar-refractivity contribution in [1.82, 2.24) is 10.2 Å². The highest BCUT2D eigenvalue weighted by Crippen LogP contribution is 2.27. The first-order valence-electron chi connectivity index (χ1n) is 5.40. The van der Waals surface area contributed by atoms with E-state index in [1.54, 1.807) is 19.9 Å². The van der Waals surface area contributed by atoms with Crippen LogP contribution in [0.3, 0.4) is 0 Å². The summed E-state index contributed by atoms with van der Waals surface area (Å²) in [4.78, 5) is 24.6. The Kier molecular flexibility index (Phi) is 3.02. The molecule has 4 nitrogen and oxygen atoms in total. The van der Waals surface area contributed by atoms with E-state index in [1.165, 1.54) is 17.0 Å². The van der Waals surface area contributed by atoms with Crippen LogP contribution >= 0.6 is 11.6 Å². The molecule has 3 amide bonds. The third kappa shape index (κ3) is 1.95. The monoisotopic (exact) mass is 270 g/mol. The van der Waals surface area contributed by atoms with Gasteiger partial charge in [0.05, 0.1) is 11.6 Å². The van der Waals surface area contributed by atoms with Crippen LogP contribution in [0.2, 0.25) is 5.02 Å². The van der Waals surface area contributed by atoms with E-state index in [-0.39, 0.29) is 17.5 Å². The minimum absolute atomic E-state index is 0.0274. The van der Waals surface area contributed by atoms with Gasteiger partial charge >= 0.3 is 6.03 Å². The van der Waals surface area contributed by atoms with E-state index >= 15 is 0 Å². The van der Waals surface area contributed by atoms with Crippen LogP contribution in [-0.2, 0) is 11.3 Å². The number of halogens is 2. The Morgan fingerprint density at radius 2 is 2.06 bits per heavy atom. The molecule has 1 N–H and O–H groups in total. The Labute approximate surface area is 109 Å². The number of amides is 3. The lowest BCUT2D eigenvalue weighted by molar-refractivity contribution is -0.125. The fraction of sp³-hybridized carbons (Fsp3) is 0.333. The first-order valence-corrected chi connectivity index (χ1v) is 5.78. The van der Waals surface area contributed by atoms with Crippen LogP contribution in [-0.4, -0.2) is 22.4 Å². The molecule has 96 valence electrons. The maximum atomic E-state index is 13.3. The number of nitrogens with zero attached hydrogens (tertiary/aromatic N) is 1. The Morgan fingerprint density at radius 3 is 2.61 bits per heavy atom. The van der Waals surface area contributed by atoms with Crippen molar-refractivity contribution in [1.29, 1.82) is 0 Å². The third-order valence-corrected chi connectivity index (χ3v) is 3.48. The summed E-state index contributed by atoms with van der Waals surface area (Å²) in [7, 11) is 0. The first-order chi connectivity index (χ1) is 8.34. The van der Waals surface area contributed by atoms with Gasteiger partial charge in [-0.1, -0.05) is 23.7 Å². The molecule has 1 aromatic carbocycles. The zero-order chi connectivity index (χ0) is 13.5. The molecule has 0 unspecified atom stereocenters. The molecule has 18 heavy (non-hydrogen) atoms. The van der Waals surface area contributed by atoms with E-state index in [4.69, 9.17) is 11.6 Å². The molecule has 1 heterocycles. The summed E-state index contributed by atoms with van der Waals surface area (Å²) in [6, 6.07) is 3.88. The van der Waals surface area contributed by atoms with E-state index in [0.29, 0.717) is 5.56 Å². The lowest BCUT2D eigenvalue weighted by atomic mass is 10.0. The molecule has 1 fully saturated rings. The molecule has 0 bridgehead atoms. The molecule has 0 aliphatic carbocycles. The normalized spacial score (nSPS) is 18.1. The summed E-state index contributed by atoms with van der Waals surface area (Å²) >= 11 is 5.83. The number of carbonyl (C=O) groups excluding carboxylic acids is 2. The van der Waals surface area contributed by atoms with Gasteiger partial charge in [-0.25, -0.2) is 9.18 Å². The van der Waals surface area contributed by atoms with Crippen molar-refractivity contribution < 1.29 is 14.0 Å². The number of imide groups is 1.